The molecule has 1 saturated heterocycles. The molecule has 3 nitrogen and oxygen atoms in total. The average molecular weight is 125 g/mol. The SMILES string of the molecule is N=C1CCNC/C1=C/N. The molecule has 1 aliphatic rings. The number of nitrogens with two attached hydrogens (primary N) is 1. The van der Waals surface area contributed by atoms with Crippen molar-refractivity contribution in [1.82, 2.24) is 5.32 Å². The Balaban J connectivity index is 2.60. The highest BCUT2D eigenvalue weighted by Gasteiger charge is 2.08. The van der Waals surface area contributed by atoms with Crippen LogP contribution in [0.5, 0.6) is 0 Å². The van der Waals surface area contributed by atoms with E-state index < -0.39 is 0 Å². The summed E-state index contributed by atoms with van der Waals surface area (Å²) in [5.74, 6) is 0. The second-order valence-corrected chi connectivity index (χ2v) is 2.10. The molecule has 50 valence electrons. The maximum Gasteiger partial charge on any atom is 0.0385 e. The molecule has 0 aromatic heterocycles. The smallest absolute Gasteiger partial charge is 0.0385 e. The van der Waals surface area contributed by atoms with Gasteiger partial charge < -0.3 is 16.5 Å². The zero-order valence-electron chi connectivity index (χ0n) is 5.28. The van der Waals surface area contributed by atoms with Crippen LogP contribution in [0.25, 0.3) is 0 Å². The van der Waals surface area contributed by atoms with Gasteiger partial charge in [0.15, 0.2) is 0 Å². The Kier molecular flexibility index (Phi) is 1.85. The van der Waals surface area contributed by atoms with Crippen LogP contribution in [0.3, 0.4) is 0 Å². The zero-order valence-corrected chi connectivity index (χ0v) is 5.28. The highest BCUT2D eigenvalue weighted by molar-refractivity contribution is 5.98. The Hall–Kier alpha value is -0.830. The van der Waals surface area contributed by atoms with Crippen LogP contribution in [0.2, 0.25) is 0 Å². The summed E-state index contributed by atoms with van der Waals surface area (Å²) in [4.78, 5) is 0. The van der Waals surface area contributed by atoms with Crippen molar-refractivity contribution < 1.29 is 0 Å². The molecule has 0 atom stereocenters. The molecule has 4 N–H and O–H groups in total. The average Bonchev–Trinajstić information content (AvgIpc) is 1.89. The number of piperidine rings is 1. The van der Waals surface area contributed by atoms with Gasteiger partial charge in [-0.2, -0.15) is 0 Å². The molecule has 0 aliphatic carbocycles. The third-order valence-corrected chi connectivity index (χ3v) is 1.46. The normalized spacial score (nSPS) is 24.9. The Morgan fingerprint density at radius 3 is 2.89 bits per heavy atom. The molecule has 0 amide bonds. The van der Waals surface area contributed by atoms with E-state index in [0.29, 0.717) is 5.71 Å². The van der Waals surface area contributed by atoms with Crippen LogP contribution in [0.4, 0.5) is 0 Å². The van der Waals surface area contributed by atoms with Gasteiger partial charge in [-0.3, -0.25) is 0 Å². The molecular formula is C6H11N3. The van der Waals surface area contributed by atoms with Crippen molar-refractivity contribution in [2.75, 3.05) is 13.1 Å². The fourth-order valence-electron chi connectivity index (χ4n) is 0.863. The largest absolute Gasteiger partial charge is 0.404 e. The van der Waals surface area contributed by atoms with Gasteiger partial charge in [0, 0.05) is 37.0 Å². The molecule has 0 aromatic rings. The standard InChI is InChI=1S/C6H11N3/c7-3-5-4-9-2-1-6(5)8/h3,8-9H,1-2,4,7H2/b5-3-,8-6?. The Labute approximate surface area is 54.4 Å². The van der Waals surface area contributed by atoms with Crippen molar-refractivity contribution in [2.24, 2.45) is 5.73 Å². The lowest BCUT2D eigenvalue weighted by molar-refractivity contribution is 0.726. The summed E-state index contributed by atoms with van der Waals surface area (Å²) >= 11 is 0. The van der Waals surface area contributed by atoms with Gasteiger partial charge in [0.2, 0.25) is 0 Å². The predicted octanol–water partition coefficient (Wildman–Crippen LogP) is -0.158. The number of nitrogens with one attached hydrogen (secondary N) is 2. The van der Waals surface area contributed by atoms with Crippen molar-refractivity contribution in [3.8, 4) is 0 Å². The Morgan fingerprint density at radius 2 is 2.44 bits per heavy atom. The number of hydrogen-bond acceptors (Lipinski definition) is 3. The lowest BCUT2D eigenvalue weighted by atomic mass is 10.1. The van der Waals surface area contributed by atoms with Crippen molar-refractivity contribution in [1.29, 1.82) is 5.41 Å². The van der Waals surface area contributed by atoms with Gasteiger partial charge in [-0.05, 0) is 0 Å². The van der Waals surface area contributed by atoms with Gasteiger partial charge in [0.1, 0.15) is 0 Å². The lowest BCUT2D eigenvalue weighted by Crippen LogP contribution is -2.30. The summed E-state index contributed by atoms with van der Waals surface area (Å²) in [5.41, 5.74) is 6.86. The zero-order chi connectivity index (χ0) is 6.69. The van der Waals surface area contributed by atoms with Crippen LogP contribution in [-0.2, 0) is 0 Å². The topological polar surface area (TPSA) is 61.9 Å². The Bertz CT molecular complexity index is 148. The minimum absolute atomic E-state index is 0.677. The maximum atomic E-state index is 7.36. The van der Waals surface area contributed by atoms with Crippen LogP contribution in [-0.4, -0.2) is 18.8 Å². The maximum absolute atomic E-state index is 7.36. The second kappa shape index (κ2) is 2.64. The van der Waals surface area contributed by atoms with E-state index in [1.54, 1.807) is 0 Å². The van der Waals surface area contributed by atoms with Crippen LogP contribution >= 0.6 is 0 Å². The highest BCUT2D eigenvalue weighted by Crippen LogP contribution is 2.01. The molecule has 0 unspecified atom stereocenters. The van der Waals surface area contributed by atoms with E-state index >= 15 is 0 Å². The predicted molar refractivity (Wildman–Crippen MR) is 37.5 cm³/mol. The first-order valence-electron chi connectivity index (χ1n) is 3.04. The van der Waals surface area contributed by atoms with E-state index in [0.717, 1.165) is 25.1 Å². The summed E-state index contributed by atoms with van der Waals surface area (Å²) < 4.78 is 0. The number of hydrogen-bond donors (Lipinski definition) is 3. The van der Waals surface area contributed by atoms with Crippen molar-refractivity contribution in [3.05, 3.63) is 11.8 Å². The Morgan fingerprint density at radius 1 is 1.67 bits per heavy atom. The fraction of sp³-hybridized carbons (Fsp3) is 0.500. The van der Waals surface area contributed by atoms with Crippen LogP contribution in [0.15, 0.2) is 11.8 Å². The minimum Gasteiger partial charge on any atom is -0.404 e. The molecule has 3 heteroatoms. The summed E-state index contributed by atoms with van der Waals surface area (Å²) in [6.07, 6.45) is 2.32. The summed E-state index contributed by atoms with van der Waals surface area (Å²) in [6, 6.07) is 0. The molecule has 0 radical (unpaired) electrons. The molecule has 0 aromatic carbocycles. The molecule has 9 heavy (non-hydrogen) atoms. The molecule has 1 aliphatic heterocycles. The summed E-state index contributed by atoms with van der Waals surface area (Å²) in [6.45, 7) is 1.67. The molecule has 0 spiro atoms. The van der Waals surface area contributed by atoms with Gasteiger partial charge in [-0.15, -0.1) is 0 Å². The molecule has 0 bridgehead atoms. The van der Waals surface area contributed by atoms with Crippen LogP contribution < -0.4 is 11.1 Å². The van der Waals surface area contributed by atoms with Gasteiger partial charge in [0.25, 0.3) is 0 Å². The fourth-order valence-corrected chi connectivity index (χ4v) is 0.863. The first-order valence-corrected chi connectivity index (χ1v) is 3.04. The quantitative estimate of drug-likeness (QED) is 0.421. The molecule has 0 saturated carbocycles. The van der Waals surface area contributed by atoms with Crippen molar-refractivity contribution >= 4 is 5.71 Å². The van der Waals surface area contributed by atoms with E-state index in [2.05, 4.69) is 5.32 Å². The molecule has 1 fully saturated rings. The van der Waals surface area contributed by atoms with E-state index in [-0.39, 0.29) is 0 Å². The summed E-state index contributed by atoms with van der Waals surface area (Å²) in [5, 5.41) is 10.5. The van der Waals surface area contributed by atoms with E-state index in [1.807, 2.05) is 0 Å². The van der Waals surface area contributed by atoms with Gasteiger partial charge in [0.05, 0.1) is 0 Å². The monoisotopic (exact) mass is 125 g/mol. The highest BCUT2D eigenvalue weighted by atomic mass is 14.9. The third kappa shape index (κ3) is 1.29. The van der Waals surface area contributed by atoms with Gasteiger partial charge in [-0.1, -0.05) is 0 Å². The van der Waals surface area contributed by atoms with Crippen molar-refractivity contribution in [3.63, 3.8) is 0 Å². The minimum atomic E-state index is 0.677. The number of rotatable bonds is 0. The molecule has 1 rings (SSSR count). The van der Waals surface area contributed by atoms with E-state index in [1.165, 1.54) is 6.20 Å². The first kappa shape index (κ1) is 6.29. The third-order valence-electron chi connectivity index (χ3n) is 1.46. The van der Waals surface area contributed by atoms with Crippen LogP contribution in [0.1, 0.15) is 6.42 Å². The molecular weight excluding hydrogens is 114 g/mol. The van der Waals surface area contributed by atoms with Crippen molar-refractivity contribution in [2.45, 2.75) is 6.42 Å². The first-order chi connectivity index (χ1) is 4.34. The van der Waals surface area contributed by atoms with Gasteiger partial charge in [-0.25, -0.2) is 0 Å². The molecule has 1 heterocycles. The summed E-state index contributed by atoms with van der Waals surface area (Å²) in [7, 11) is 0. The second-order valence-electron chi connectivity index (χ2n) is 2.10. The van der Waals surface area contributed by atoms with E-state index in [9.17, 15) is 0 Å². The van der Waals surface area contributed by atoms with Gasteiger partial charge >= 0.3 is 0 Å². The van der Waals surface area contributed by atoms with Crippen LogP contribution in [0, 0.1) is 5.41 Å². The van der Waals surface area contributed by atoms with E-state index in [4.69, 9.17) is 11.1 Å². The lowest BCUT2D eigenvalue weighted by Gasteiger charge is -2.15.